The first-order valence-corrected chi connectivity index (χ1v) is 5.77. The summed E-state index contributed by atoms with van der Waals surface area (Å²) in [5.41, 5.74) is 0. The van der Waals surface area contributed by atoms with Gasteiger partial charge in [0.25, 0.3) is 0 Å². The number of hydrogen-bond acceptors (Lipinski definition) is 2. The van der Waals surface area contributed by atoms with Crippen LogP contribution in [0.2, 0.25) is 0 Å². The van der Waals surface area contributed by atoms with Crippen LogP contribution in [0.15, 0.2) is 12.2 Å². The Hall–Kier alpha value is -0.120. The van der Waals surface area contributed by atoms with E-state index in [9.17, 15) is 4.79 Å². The molecule has 1 fully saturated rings. The lowest BCUT2D eigenvalue weighted by Gasteiger charge is -2.24. The fourth-order valence-corrected chi connectivity index (χ4v) is 2.11. The maximum Gasteiger partial charge on any atom is 0.410 e. The predicted molar refractivity (Wildman–Crippen MR) is 59.4 cm³/mol. The van der Waals surface area contributed by atoms with Crippen LogP contribution >= 0.6 is 34.8 Å². The highest BCUT2D eigenvalue weighted by atomic mass is 35.6. The van der Waals surface area contributed by atoms with Gasteiger partial charge >= 0.3 is 6.09 Å². The number of likely N-dealkylation sites (tertiary alicyclic amines) is 1. The molecule has 0 spiro atoms. The Morgan fingerprint density at radius 3 is 2.67 bits per heavy atom. The van der Waals surface area contributed by atoms with E-state index in [0.717, 1.165) is 6.42 Å². The quantitative estimate of drug-likeness (QED) is 0.542. The Bertz CT molecular complexity index is 300. The second kappa shape index (κ2) is 4.04. The van der Waals surface area contributed by atoms with Crippen molar-refractivity contribution >= 4 is 40.9 Å². The molecule has 6 heteroatoms. The van der Waals surface area contributed by atoms with Gasteiger partial charge < -0.3 is 9.64 Å². The summed E-state index contributed by atoms with van der Waals surface area (Å²) in [7, 11) is 0. The van der Waals surface area contributed by atoms with Gasteiger partial charge in [0.1, 0.15) is 6.61 Å². The lowest BCUT2D eigenvalue weighted by Crippen LogP contribution is -2.37. The average molecular weight is 271 g/mol. The third-order valence-corrected chi connectivity index (χ3v) is 2.90. The summed E-state index contributed by atoms with van der Waals surface area (Å²) in [6.45, 7) is 0.494. The molecule has 0 aromatic rings. The lowest BCUT2D eigenvalue weighted by molar-refractivity contribution is 0.104. The number of carbonyl (C=O) groups excluding carboxylic acids is 1. The number of hydrogen-bond donors (Lipinski definition) is 0. The van der Waals surface area contributed by atoms with E-state index in [1.54, 1.807) is 4.90 Å². The summed E-state index contributed by atoms with van der Waals surface area (Å²) in [5, 5.41) is 0. The summed E-state index contributed by atoms with van der Waals surface area (Å²) in [5.74, 6) is 0.468. The molecule has 84 valence electrons. The van der Waals surface area contributed by atoms with Crippen molar-refractivity contribution in [1.29, 1.82) is 0 Å². The third kappa shape index (κ3) is 2.71. The summed E-state index contributed by atoms with van der Waals surface area (Å²) in [6, 6.07) is 0.165. The van der Waals surface area contributed by atoms with E-state index < -0.39 is 9.89 Å². The molecule has 3 nitrogen and oxygen atoms in total. The molecule has 0 unspecified atom stereocenters. The molecular weight excluding hydrogens is 260 g/mol. The number of alkyl halides is 3. The number of halogens is 3. The molecule has 0 saturated carbocycles. The van der Waals surface area contributed by atoms with Crippen LogP contribution < -0.4 is 0 Å². The zero-order chi connectivity index (χ0) is 11.1. The van der Waals surface area contributed by atoms with E-state index in [4.69, 9.17) is 39.5 Å². The largest absolute Gasteiger partial charge is 0.445 e. The van der Waals surface area contributed by atoms with Crippen molar-refractivity contribution in [1.82, 2.24) is 4.90 Å². The minimum Gasteiger partial charge on any atom is -0.445 e. The molecular formula is C9H10Cl3NO2. The van der Waals surface area contributed by atoms with Gasteiger partial charge in [-0.25, -0.2) is 4.79 Å². The number of rotatable bonds is 1. The van der Waals surface area contributed by atoms with Crippen molar-refractivity contribution in [2.24, 2.45) is 5.92 Å². The first-order valence-electron chi connectivity index (χ1n) is 4.64. The Labute approximate surface area is 103 Å². The van der Waals surface area contributed by atoms with E-state index in [1.165, 1.54) is 0 Å². The summed E-state index contributed by atoms with van der Waals surface area (Å²) >= 11 is 16.5. The van der Waals surface area contributed by atoms with Gasteiger partial charge in [-0.05, 0) is 12.3 Å². The smallest absolute Gasteiger partial charge is 0.410 e. The maximum atomic E-state index is 11.6. The monoisotopic (exact) mass is 269 g/mol. The number of ether oxygens (including phenoxy) is 1. The molecule has 1 aliphatic heterocycles. The Kier molecular flexibility index (Phi) is 3.06. The fourth-order valence-electron chi connectivity index (χ4n) is 1.94. The van der Waals surface area contributed by atoms with Crippen LogP contribution in [0.1, 0.15) is 6.42 Å². The van der Waals surface area contributed by atoms with Crippen molar-refractivity contribution in [3.63, 3.8) is 0 Å². The van der Waals surface area contributed by atoms with Crippen molar-refractivity contribution in [2.75, 3.05) is 13.2 Å². The summed E-state index contributed by atoms with van der Waals surface area (Å²) in [6.07, 6.45) is 4.73. The maximum absolute atomic E-state index is 11.6. The van der Waals surface area contributed by atoms with Gasteiger partial charge in [-0.1, -0.05) is 47.0 Å². The molecule has 0 aromatic heterocycles. The Balaban J connectivity index is 1.85. The lowest BCUT2D eigenvalue weighted by atomic mass is 10.2. The van der Waals surface area contributed by atoms with Gasteiger partial charge in [0.05, 0.1) is 6.04 Å². The van der Waals surface area contributed by atoms with Crippen LogP contribution in [0.25, 0.3) is 0 Å². The molecule has 0 N–H and O–H groups in total. The van der Waals surface area contributed by atoms with Gasteiger partial charge in [-0.2, -0.15) is 0 Å². The minimum atomic E-state index is -1.54. The SMILES string of the molecule is O=C(OCC(Cl)(Cl)Cl)N1C[C@H]2C=C[C@@H]1C2. The van der Waals surface area contributed by atoms with Crippen molar-refractivity contribution in [3.8, 4) is 0 Å². The Morgan fingerprint density at radius 2 is 2.20 bits per heavy atom. The van der Waals surface area contributed by atoms with Gasteiger partial charge in [-0.15, -0.1) is 0 Å². The standard InChI is InChI=1S/C9H10Cl3NO2/c10-9(11,12)5-15-8(14)13-4-6-1-2-7(13)3-6/h1-2,6-7H,3-5H2/t6-,7+/m0/s1. The molecule has 2 atom stereocenters. The molecule has 1 heterocycles. The average Bonchev–Trinajstić information content (AvgIpc) is 2.73. The highest BCUT2D eigenvalue weighted by molar-refractivity contribution is 6.67. The minimum absolute atomic E-state index is 0.165. The number of nitrogens with zero attached hydrogens (tertiary/aromatic N) is 1. The van der Waals surface area contributed by atoms with Crippen LogP contribution in [0, 0.1) is 5.92 Å². The van der Waals surface area contributed by atoms with Gasteiger partial charge in [0, 0.05) is 6.54 Å². The van der Waals surface area contributed by atoms with Crippen molar-refractivity contribution < 1.29 is 9.53 Å². The van der Waals surface area contributed by atoms with Crippen LogP contribution in [0.5, 0.6) is 0 Å². The first kappa shape index (κ1) is 11.4. The predicted octanol–water partition coefficient (Wildman–Crippen LogP) is 2.75. The van der Waals surface area contributed by atoms with E-state index in [0.29, 0.717) is 12.5 Å². The molecule has 2 bridgehead atoms. The Morgan fingerprint density at radius 1 is 1.47 bits per heavy atom. The van der Waals surface area contributed by atoms with Crippen molar-refractivity contribution in [2.45, 2.75) is 16.3 Å². The highest BCUT2D eigenvalue weighted by Gasteiger charge is 2.38. The summed E-state index contributed by atoms with van der Waals surface area (Å²) < 4.78 is 3.36. The van der Waals surface area contributed by atoms with Gasteiger partial charge in [0.2, 0.25) is 3.79 Å². The van der Waals surface area contributed by atoms with Crippen LogP contribution in [0.3, 0.4) is 0 Å². The molecule has 1 aliphatic carbocycles. The molecule has 15 heavy (non-hydrogen) atoms. The van der Waals surface area contributed by atoms with Gasteiger partial charge in [-0.3, -0.25) is 0 Å². The topological polar surface area (TPSA) is 29.5 Å². The summed E-state index contributed by atoms with van der Waals surface area (Å²) in [4.78, 5) is 13.2. The zero-order valence-corrected chi connectivity index (χ0v) is 10.1. The van der Waals surface area contributed by atoms with Crippen molar-refractivity contribution in [3.05, 3.63) is 12.2 Å². The number of carbonyl (C=O) groups is 1. The second-order valence-corrected chi connectivity index (χ2v) is 6.29. The van der Waals surface area contributed by atoms with E-state index >= 15 is 0 Å². The van der Waals surface area contributed by atoms with Crippen LogP contribution in [-0.4, -0.2) is 34.0 Å². The molecule has 1 amide bonds. The molecule has 2 rings (SSSR count). The highest BCUT2D eigenvalue weighted by Crippen LogP contribution is 2.32. The second-order valence-electron chi connectivity index (χ2n) is 3.77. The van der Waals surface area contributed by atoms with E-state index in [1.807, 2.05) is 6.08 Å². The molecule has 0 aromatic carbocycles. The van der Waals surface area contributed by atoms with Crippen LogP contribution in [0.4, 0.5) is 4.79 Å². The van der Waals surface area contributed by atoms with Crippen LogP contribution in [-0.2, 0) is 4.74 Å². The number of fused-ring (bicyclic) bond motifs is 2. The first-order chi connectivity index (χ1) is 6.96. The molecule has 0 radical (unpaired) electrons. The molecule has 1 saturated heterocycles. The van der Waals surface area contributed by atoms with E-state index in [2.05, 4.69) is 6.08 Å². The number of amides is 1. The zero-order valence-electron chi connectivity index (χ0n) is 7.83. The normalized spacial score (nSPS) is 28.6. The van der Waals surface area contributed by atoms with Gasteiger partial charge in [0.15, 0.2) is 0 Å². The fraction of sp³-hybridized carbons (Fsp3) is 0.667. The third-order valence-electron chi connectivity index (χ3n) is 2.58. The molecule has 2 aliphatic rings. The van der Waals surface area contributed by atoms with E-state index in [-0.39, 0.29) is 12.6 Å².